The number of rotatable bonds is 3. The van der Waals surface area contributed by atoms with Gasteiger partial charge < -0.3 is 15.5 Å². The molecule has 1 aromatic carbocycles. The van der Waals surface area contributed by atoms with Crippen LogP contribution in [0.1, 0.15) is 31.4 Å². The number of imide groups is 1. The van der Waals surface area contributed by atoms with E-state index in [9.17, 15) is 19.2 Å². The van der Waals surface area contributed by atoms with Crippen LogP contribution in [0.25, 0.3) is 0 Å². The van der Waals surface area contributed by atoms with Crippen molar-refractivity contribution in [3.8, 4) is 0 Å². The molecule has 3 N–H and O–H groups in total. The lowest BCUT2D eigenvalue weighted by Gasteiger charge is -2.30. The molecule has 3 rings (SSSR count). The third-order valence-corrected chi connectivity index (χ3v) is 4.60. The number of nitrogens with zero attached hydrogens (tertiary/aromatic N) is 1. The molecule has 2 aliphatic heterocycles. The Morgan fingerprint density at radius 2 is 1.76 bits per heavy atom. The summed E-state index contributed by atoms with van der Waals surface area (Å²) in [5.74, 6) is -0.533. The van der Waals surface area contributed by atoms with E-state index in [1.54, 1.807) is 29.2 Å². The molecule has 2 fully saturated rings. The lowest BCUT2D eigenvalue weighted by atomic mass is 9.95. The van der Waals surface area contributed by atoms with Crippen molar-refractivity contribution in [3.63, 3.8) is 0 Å². The SMILES string of the molecule is CC(=O)N1CCC(C(=O)Nc2ccc(C3NC(=O)NC3=O)cc2)CC1. The van der Waals surface area contributed by atoms with Crippen LogP contribution in [0.2, 0.25) is 0 Å². The van der Waals surface area contributed by atoms with E-state index in [2.05, 4.69) is 16.0 Å². The summed E-state index contributed by atoms with van der Waals surface area (Å²) in [6.45, 7) is 2.74. The number of amides is 5. The molecule has 1 unspecified atom stereocenters. The molecule has 0 spiro atoms. The first-order valence-electron chi connectivity index (χ1n) is 8.22. The quantitative estimate of drug-likeness (QED) is 0.704. The summed E-state index contributed by atoms with van der Waals surface area (Å²) in [6.07, 6.45) is 1.30. The van der Waals surface area contributed by atoms with Crippen LogP contribution < -0.4 is 16.0 Å². The van der Waals surface area contributed by atoms with Crippen LogP contribution in [0.4, 0.5) is 10.5 Å². The summed E-state index contributed by atoms with van der Waals surface area (Å²) >= 11 is 0. The second kappa shape index (κ2) is 6.92. The third kappa shape index (κ3) is 3.78. The molecule has 0 aromatic heterocycles. The van der Waals surface area contributed by atoms with E-state index in [4.69, 9.17) is 0 Å². The van der Waals surface area contributed by atoms with Gasteiger partial charge in [0.25, 0.3) is 5.91 Å². The van der Waals surface area contributed by atoms with Crippen LogP contribution in [0.15, 0.2) is 24.3 Å². The molecule has 1 atom stereocenters. The molecule has 25 heavy (non-hydrogen) atoms. The fourth-order valence-electron chi connectivity index (χ4n) is 3.11. The molecule has 0 saturated carbocycles. The number of hydrogen-bond acceptors (Lipinski definition) is 4. The maximum absolute atomic E-state index is 12.3. The molecule has 5 amide bonds. The summed E-state index contributed by atoms with van der Waals surface area (Å²) in [5, 5.41) is 7.57. The molecule has 0 aliphatic carbocycles. The molecule has 2 heterocycles. The fraction of sp³-hybridized carbons (Fsp3) is 0.412. The molecule has 8 heteroatoms. The fourth-order valence-corrected chi connectivity index (χ4v) is 3.11. The average molecular weight is 344 g/mol. The molecular formula is C17H20N4O4. The maximum atomic E-state index is 12.3. The van der Waals surface area contributed by atoms with E-state index in [0.29, 0.717) is 37.2 Å². The monoisotopic (exact) mass is 344 g/mol. The second-order valence-corrected chi connectivity index (χ2v) is 6.29. The van der Waals surface area contributed by atoms with Gasteiger partial charge in [0.1, 0.15) is 6.04 Å². The van der Waals surface area contributed by atoms with Gasteiger partial charge in [-0.25, -0.2) is 4.79 Å². The zero-order valence-electron chi connectivity index (χ0n) is 13.9. The number of likely N-dealkylation sites (tertiary alicyclic amines) is 1. The highest BCUT2D eigenvalue weighted by atomic mass is 16.2. The van der Waals surface area contributed by atoms with Crippen molar-refractivity contribution in [1.82, 2.24) is 15.5 Å². The predicted molar refractivity (Wildman–Crippen MR) is 89.5 cm³/mol. The highest BCUT2D eigenvalue weighted by molar-refractivity contribution is 6.04. The normalized spacial score (nSPS) is 20.8. The van der Waals surface area contributed by atoms with Crippen LogP contribution in [-0.4, -0.2) is 41.7 Å². The van der Waals surface area contributed by atoms with Crippen molar-refractivity contribution in [2.75, 3.05) is 18.4 Å². The van der Waals surface area contributed by atoms with Gasteiger partial charge in [-0.2, -0.15) is 0 Å². The van der Waals surface area contributed by atoms with Crippen molar-refractivity contribution in [1.29, 1.82) is 0 Å². The molecule has 132 valence electrons. The summed E-state index contributed by atoms with van der Waals surface area (Å²) in [7, 11) is 0. The van der Waals surface area contributed by atoms with E-state index in [1.807, 2.05) is 0 Å². The lowest BCUT2D eigenvalue weighted by Crippen LogP contribution is -2.40. The number of nitrogens with one attached hydrogen (secondary N) is 3. The number of carbonyl (C=O) groups is 4. The topological polar surface area (TPSA) is 108 Å². The minimum Gasteiger partial charge on any atom is -0.343 e. The number of benzene rings is 1. The predicted octanol–water partition coefficient (Wildman–Crippen LogP) is 0.764. The van der Waals surface area contributed by atoms with E-state index in [0.717, 1.165) is 0 Å². The molecular weight excluding hydrogens is 324 g/mol. The number of urea groups is 1. The van der Waals surface area contributed by atoms with Crippen LogP contribution >= 0.6 is 0 Å². The van der Waals surface area contributed by atoms with Gasteiger partial charge >= 0.3 is 6.03 Å². The van der Waals surface area contributed by atoms with Gasteiger partial charge in [0.05, 0.1) is 0 Å². The number of piperidine rings is 1. The van der Waals surface area contributed by atoms with Gasteiger partial charge in [0.15, 0.2) is 0 Å². The first-order valence-corrected chi connectivity index (χ1v) is 8.22. The highest BCUT2D eigenvalue weighted by Crippen LogP contribution is 2.22. The Morgan fingerprint density at radius 1 is 1.12 bits per heavy atom. The van der Waals surface area contributed by atoms with Crippen molar-refractivity contribution in [2.24, 2.45) is 5.92 Å². The summed E-state index contributed by atoms with van der Waals surface area (Å²) in [4.78, 5) is 48.2. The van der Waals surface area contributed by atoms with Crippen LogP contribution in [0, 0.1) is 5.92 Å². The molecule has 0 bridgehead atoms. The van der Waals surface area contributed by atoms with E-state index < -0.39 is 12.1 Å². The Balaban J connectivity index is 1.57. The van der Waals surface area contributed by atoms with Gasteiger partial charge in [-0.15, -0.1) is 0 Å². The smallest absolute Gasteiger partial charge is 0.322 e. The van der Waals surface area contributed by atoms with Gasteiger partial charge in [0.2, 0.25) is 11.8 Å². The summed E-state index contributed by atoms with van der Waals surface area (Å²) in [5.41, 5.74) is 1.28. The van der Waals surface area contributed by atoms with Crippen molar-refractivity contribution in [2.45, 2.75) is 25.8 Å². The number of hydrogen-bond donors (Lipinski definition) is 3. The largest absolute Gasteiger partial charge is 0.343 e. The standard InChI is InChI=1S/C17H20N4O4/c1-10(22)21-8-6-12(7-9-21)15(23)18-13-4-2-11(3-5-13)14-16(24)20-17(25)19-14/h2-5,12,14H,6-9H2,1H3,(H,18,23)(H2,19,20,24,25). The maximum Gasteiger partial charge on any atom is 0.322 e. The van der Waals surface area contributed by atoms with Crippen LogP contribution in [0.3, 0.4) is 0 Å². The molecule has 8 nitrogen and oxygen atoms in total. The average Bonchev–Trinajstić information content (AvgIpc) is 2.94. The van der Waals surface area contributed by atoms with Gasteiger partial charge in [-0.1, -0.05) is 12.1 Å². The minimum atomic E-state index is -0.701. The lowest BCUT2D eigenvalue weighted by molar-refractivity contribution is -0.132. The van der Waals surface area contributed by atoms with Crippen LogP contribution in [0.5, 0.6) is 0 Å². The van der Waals surface area contributed by atoms with Crippen molar-refractivity contribution < 1.29 is 19.2 Å². The van der Waals surface area contributed by atoms with Crippen LogP contribution in [-0.2, 0) is 14.4 Å². The summed E-state index contributed by atoms with van der Waals surface area (Å²) < 4.78 is 0. The van der Waals surface area contributed by atoms with Gasteiger partial charge in [-0.3, -0.25) is 19.7 Å². The van der Waals surface area contributed by atoms with Gasteiger partial charge in [-0.05, 0) is 30.5 Å². The first-order chi connectivity index (χ1) is 11.9. The molecule has 0 radical (unpaired) electrons. The molecule has 2 saturated heterocycles. The zero-order chi connectivity index (χ0) is 18.0. The van der Waals surface area contributed by atoms with Crippen molar-refractivity contribution in [3.05, 3.63) is 29.8 Å². The molecule has 2 aliphatic rings. The third-order valence-electron chi connectivity index (χ3n) is 4.60. The Morgan fingerprint density at radius 3 is 2.28 bits per heavy atom. The van der Waals surface area contributed by atoms with E-state index >= 15 is 0 Å². The first kappa shape index (κ1) is 16.9. The Labute approximate surface area is 144 Å². The van der Waals surface area contributed by atoms with Gasteiger partial charge in [0, 0.05) is 31.6 Å². The Hall–Kier alpha value is -2.90. The summed E-state index contributed by atoms with van der Waals surface area (Å²) in [6, 6.07) is 5.59. The van der Waals surface area contributed by atoms with Crippen molar-refractivity contribution >= 4 is 29.4 Å². The second-order valence-electron chi connectivity index (χ2n) is 6.29. The highest BCUT2D eigenvalue weighted by Gasteiger charge is 2.31. The Bertz CT molecular complexity index is 708. The number of carbonyl (C=O) groups excluding carboxylic acids is 4. The minimum absolute atomic E-state index is 0.0393. The number of anilines is 1. The Kier molecular flexibility index (Phi) is 4.69. The zero-order valence-corrected chi connectivity index (χ0v) is 13.9. The van der Waals surface area contributed by atoms with E-state index in [-0.39, 0.29) is 23.6 Å². The molecule has 1 aromatic rings. The van der Waals surface area contributed by atoms with E-state index in [1.165, 1.54) is 6.92 Å².